The van der Waals surface area contributed by atoms with E-state index in [2.05, 4.69) is 20.1 Å². The number of nitrogens with zero attached hydrogens (tertiary/aromatic N) is 4. The summed E-state index contributed by atoms with van der Waals surface area (Å²) in [5.41, 5.74) is 3.54. The van der Waals surface area contributed by atoms with Gasteiger partial charge in [0.2, 0.25) is 5.16 Å². The summed E-state index contributed by atoms with van der Waals surface area (Å²) >= 11 is 1.33. The molecule has 0 aliphatic heterocycles. The average molecular weight is 337 g/mol. The molecule has 0 aliphatic rings. The minimum atomic E-state index is 0.0529. The Balaban J connectivity index is 1.56. The van der Waals surface area contributed by atoms with Crippen molar-refractivity contribution in [3.05, 3.63) is 53.5 Å². The lowest BCUT2D eigenvalue weighted by molar-refractivity contribution is 0.102. The predicted molar refractivity (Wildman–Crippen MR) is 93.6 cm³/mol. The Morgan fingerprint density at radius 1 is 1.25 bits per heavy atom. The smallest absolute Gasteiger partial charge is 0.253 e. The Labute approximate surface area is 142 Å². The minimum absolute atomic E-state index is 0.0529. The van der Waals surface area contributed by atoms with Gasteiger partial charge in [-0.3, -0.25) is 4.79 Å². The van der Waals surface area contributed by atoms with Crippen LogP contribution in [0, 0.1) is 13.8 Å². The van der Waals surface area contributed by atoms with Gasteiger partial charge in [0, 0.05) is 34.1 Å². The lowest BCUT2D eigenvalue weighted by atomic mass is 10.1. The van der Waals surface area contributed by atoms with E-state index >= 15 is 0 Å². The van der Waals surface area contributed by atoms with E-state index in [0.717, 1.165) is 22.3 Å². The van der Waals surface area contributed by atoms with Gasteiger partial charge in [-0.1, -0.05) is 30.0 Å². The summed E-state index contributed by atoms with van der Waals surface area (Å²) in [6, 6.07) is 9.73. The monoisotopic (exact) mass is 337 g/mol. The number of carbonyl (C=O) groups excluding carboxylic acids is 1. The third-order valence-electron chi connectivity index (χ3n) is 3.82. The van der Waals surface area contributed by atoms with Gasteiger partial charge in [0.1, 0.15) is 0 Å². The molecule has 0 radical (unpaired) electrons. The Bertz CT molecular complexity index is 1070. The molecule has 0 aliphatic carbocycles. The molecule has 24 heavy (non-hydrogen) atoms. The molecule has 0 bridgehead atoms. The molecule has 0 spiro atoms. The number of aromatic amines is 1. The van der Waals surface area contributed by atoms with Crippen molar-refractivity contribution >= 4 is 34.2 Å². The molecule has 0 saturated heterocycles. The van der Waals surface area contributed by atoms with Crippen LogP contribution in [0.25, 0.3) is 16.7 Å². The van der Waals surface area contributed by atoms with Crippen molar-refractivity contribution in [1.29, 1.82) is 0 Å². The van der Waals surface area contributed by atoms with Crippen molar-refractivity contribution in [2.75, 3.05) is 5.75 Å². The Morgan fingerprint density at radius 3 is 2.96 bits per heavy atom. The zero-order chi connectivity index (χ0) is 16.7. The van der Waals surface area contributed by atoms with E-state index < -0.39 is 0 Å². The summed E-state index contributed by atoms with van der Waals surface area (Å²) in [6.45, 7) is 3.89. The SMILES string of the molecule is Cc1cc(C)n2nc(SCC(=O)c3c[nH]c4ccccc34)nc2n1. The highest BCUT2D eigenvalue weighted by Gasteiger charge is 2.14. The molecule has 1 N–H and O–H groups in total. The van der Waals surface area contributed by atoms with Gasteiger partial charge in [-0.25, -0.2) is 9.50 Å². The summed E-state index contributed by atoms with van der Waals surface area (Å²) in [5, 5.41) is 5.92. The Morgan fingerprint density at radius 2 is 2.08 bits per heavy atom. The second kappa shape index (κ2) is 5.76. The first kappa shape index (κ1) is 14.9. The molecule has 0 saturated carbocycles. The topological polar surface area (TPSA) is 75.9 Å². The van der Waals surface area contributed by atoms with Gasteiger partial charge in [0.15, 0.2) is 5.78 Å². The molecule has 3 aromatic heterocycles. The van der Waals surface area contributed by atoms with Crippen LogP contribution in [-0.4, -0.2) is 36.1 Å². The third-order valence-corrected chi connectivity index (χ3v) is 4.66. The molecule has 0 atom stereocenters. The Hall–Kier alpha value is -2.67. The highest BCUT2D eigenvalue weighted by atomic mass is 32.2. The molecule has 4 aromatic rings. The second-order valence-corrected chi connectivity index (χ2v) is 6.55. The van der Waals surface area contributed by atoms with Crippen LogP contribution in [-0.2, 0) is 0 Å². The molecule has 7 heteroatoms. The number of aromatic nitrogens is 5. The number of benzene rings is 1. The number of aryl methyl sites for hydroxylation is 2. The van der Waals surface area contributed by atoms with Crippen molar-refractivity contribution in [1.82, 2.24) is 24.6 Å². The fraction of sp³-hybridized carbons (Fsp3) is 0.176. The summed E-state index contributed by atoms with van der Waals surface area (Å²) < 4.78 is 1.70. The van der Waals surface area contributed by atoms with Crippen LogP contribution in [0.2, 0.25) is 0 Å². The van der Waals surface area contributed by atoms with Gasteiger partial charge < -0.3 is 4.98 Å². The fourth-order valence-electron chi connectivity index (χ4n) is 2.72. The van der Waals surface area contributed by atoms with Crippen LogP contribution < -0.4 is 0 Å². The first-order valence-electron chi connectivity index (χ1n) is 7.55. The quantitative estimate of drug-likeness (QED) is 0.457. The first-order valence-corrected chi connectivity index (χ1v) is 8.53. The number of fused-ring (bicyclic) bond motifs is 2. The van der Waals surface area contributed by atoms with Gasteiger partial charge >= 0.3 is 0 Å². The number of nitrogens with one attached hydrogen (secondary N) is 1. The van der Waals surface area contributed by atoms with Crippen molar-refractivity contribution in [2.24, 2.45) is 0 Å². The first-order chi connectivity index (χ1) is 11.6. The molecule has 0 unspecified atom stereocenters. The largest absolute Gasteiger partial charge is 0.360 e. The molecular formula is C17H15N5OS. The van der Waals surface area contributed by atoms with Crippen LogP contribution in [0.3, 0.4) is 0 Å². The van der Waals surface area contributed by atoms with E-state index in [-0.39, 0.29) is 11.5 Å². The van der Waals surface area contributed by atoms with Gasteiger partial charge in [-0.15, -0.1) is 5.10 Å². The van der Waals surface area contributed by atoms with Gasteiger partial charge in [-0.05, 0) is 26.0 Å². The maximum Gasteiger partial charge on any atom is 0.253 e. The zero-order valence-electron chi connectivity index (χ0n) is 13.3. The molecular weight excluding hydrogens is 322 g/mol. The minimum Gasteiger partial charge on any atom is -0.360 e. The molecule has 120 valence electrons. The fourth-order valence-corrected chi connectivity index (χ4v) is 3.42. The van der Waals surface area contributed by atoms with Crippen molar-refractivity contribution in [3.63, 3.8) is 0 Å². The van der Waals surface area contributed by atoms with Gasteiger partial charge in [0.05, 0.1) is 5.75 Å². The van der Waals surface area contributed by atoms with Crippen LogP contribution in [0.1, 0.15) is 21.7 Å². The number of para-hydroxylation sites is 1. The number of carbonyl (C=O) groups is 1. The highest BCUT2D eigenvalue weighted by molar-refractivity contribution is 7.99. The molecule has 3 heterocycles. The van der Waals surface area contributed by atoms with Crippen molar-refractivity contribution < 1.29 is 4.79 Å². The predicted octanol–water partition coefficient (Wildman–Crippen LogP) is 3.20. The second-order valence-electron chi connectivity index (χ2n) is 5.60. The number of ketones is 1. The van der Waals surface area contributed by atoms with Crippen molar-refractivity contribution in [2.45, 2.75) is 19.0 Å². The van der Waals surface area contributed by atoms with E-state index in [4.69, 9.17) is 0 Å². The number of hydrogen-bond donors (Lipinski definition) is 1. The van der Waals surface area contributed by atoms with E-state index in [9.17, 15) is 4.79 Å². The summed E-state index contributed by atoms with van der Waals surface area (Å²) in [7, 11) is 0. The van der Waals surface area contributed by atoms with E-state index in [1.807, 2.05) is 44.2 Å². The van der Waals surface area contributed by atoms with E-state index in [0.29, 0.717) is 16.5 Å². The van der Waals surface area contributed by atoms with Crippen LogP contribution >= 0.6 is 11.8 Å². The van der Waals surface area contributed by atoms with Crippen LogP contribution in [0.4, 0.5) is 0 Å². The van der Waals surface area contributed by atoms with Gasteiger partial charge in [-0.2, -0.15) is 4.98 Å². The third kappa shape index (κ3) is 2.56. The highest BCUT2D eigenvalue weighted by Crippen LogP contribution is 2.22. The lowest BCUT2D eigenvalue weighted by Gasteiger charge is -1.97. The van der Waals surface area contributed by atoms with E-state index in [1.54, 1.807) is 10.7 Å². The zero-order valence-corrected chi connectivity index (χ0v) is 14.1. The number of thioether (sulfide) groups is 1. The Kier molecular flexibility index (Phi) is 3.57. The summed E-state index contributed by atoms with van der Waals surface area (Å²) in [5.74, 6) is 0.906. The molecule has 1 aromatic carbocycles. The van der Waals surface area contributed by atoms with Gasteiger partial charge in [0.25, 0.3) is 5.78 Å². The normalized spacial score (nSPS) is 11.4. The van der Waals surface area contributed by atoms with Crippen molar-refractivity contribution in [3.8, 4) is 0 Å². The molecule has 0 amide bonds. The van der Waals surface area contributed by atoms with E-state index in [1.165, 1.54) is 11.8 Å². The maximum atomic E-state index is 12.5. The molecule has 4 rings (SSSR count). The maximum absolute atomic E-state index is 12.5. The number of hydrogen-bond acceptors (Lipinski definition) is 5. The molecule has 6 nitrogen and oxygen atoms in total. The van der Waals surface area contributed by atoms with Crippen LogP contribution in [0.5, 0.6) is 0 Å². The number of Topliss-reactive ketones (excluding diaryl/α,β-unsaturated/α-hetero) is 1. The number of rotatable bonds is 4. The number of H-pyrrole nitrogens is 1. The average Bonchev–Trinajstić information content (AvgIpc) is 3.16. The standard InChI is InChI=1S/C17H15N5OS/c1-10-7-11(2)22-16(19-10)20-17(21-22)24-9-15(23)13-8-18-14-6-4-3-5-12(13)14/h3-8,18H,9H2,1-2H3. The molecule has 0 fully saturated rings. The van der Waals surface area contributed by atoms with Crippen LogP contribution in [0.15, 0.2) is 41.7 Å². The lowest BCUT2D eigenvalue weighted by Crippen LogP contribution is -2.01. The summed E-state index contributed by atoms with van der Waals surface area (Å²) in [6.07, 6.45) is 1.76. The summed E-state index contributed by atoms with van der Waals surface area (Å²) in [4.78, 5) is 24.4.